The minimum Gasteiger partial charge on any atom is -0.486 e. The SMILES string of the molecule is Cn1cc(C(F)(F)F)nc1-c1ccc(CN2CCOc3cnc(Cl)nc32)nc1. The van der Waals surface area contributed by atoms with Gasteiger partial charge in [0.05, 0.1) is 25.0 Å². The van der Waals surface area contributed by atoms with E-state index in [-0.39, 0.29) is 11.1 Å². The molecule has 0 spiro atoms. The first-order valence-corrected chi connectivity index (χ1v) is 8.65. The molecule has 0 aromatic carbocycles. The van der Waals surface area contributed by atoms with Crippen molar-refractivity contribution in [3.8, 4) is 17.1 Å². The Kier molecular flexibility index (Phi) is 4.58. The van der Waals surface area contributed by atoms with Crippen molar-refractivity contribution in [1.82, 2.24) is 24.5 Å². The van der Waals surface area contributed by atoms with Crippen LogP contribution in [0, 0.1) is 0 Å². The average molecular weight is 411 g/mol. The van der Waals surface area contributed by atoms with E-state index in [0.29, 0.717) is 36.8 Å². The summed E-state index contributed by atoms with van der Waals surface area (Å²) in [5, 5.41) is 0.118. The molecule has 0 atom stereocenters. The largest absolute Gasteiger partial charge is 0.486 e. The van der Waals surface area contributed by atoms with E-state index in [0.717, 1.165) is 11.9 Å². The number of fused-ring (bicyclic) bond motifs is 1. The van der Waals surface area contributed by atoms with Crippen molar-refractivity contribution < 1.29 is 17.9 Å². The molecule has 1 aliphatic heterocycles. The van der Waals surface area contributed by atoms with Gasteiger partial charge in [0.25, 0.3) is 0 Å². The number of aryl methyl sites for hydroxylation is 1. The second-order valence-electron chi connectivity index (χ2n) is 6.19. The highest BCUT2D eigenvalue weighted by Crippen LogP contribution is 2.32. The lowest BCUT2D eigenvalue weighted by atomic mass is 10.2. The molecule has 28 heavy (non-hydrogen) atoms. The smallest absolute Gasteiger partial charge is 0.434 e. The minimum atomic E-state index is -4.49. The van der Waals surface area contributed by atoms with Crippen LogP contribution in [0.15, 0.2) is 30.7 Å². The van der Waals surface area contributed by atoms with Crippen LogP contribution >= 0.6 is 11.6 Å². The van der Waals surface area contributed by atoms with Crippen LogP contribution < -0.4 is 9.64 Å². The third-order valence-corrected chi connectivity index (χ3v) is 4.41. The number of anilines is 1. The normalized spacial score (nSPS) is 14.0. The van der Waals surface area contributed by atoms with Crippen LogP contribution in [-0.2, 0) is 19.8 Å². The number of pyridine rings is 1. The fourth-order valence-electron chi connectivity index (χ4n) is 2.91. The van der Waals surface area contributed by atoms with Gasteiger partial charge in [0, 0.05) is 25.0 Å². The van der Waals surface area contributed by atoms with Gasteiger partial charge in [-0.3, -0.25) is 4.98 Å². The molecular weight excluding hydrogens is 397 g/mol. The van der Waals surface area contributed by atoms with E-state index in [4.69, 9.17) is 16.3 Å². The van der Waals surface area contributed by atoms with Crippen LogP contribution in [0.3, 0.4) is 0 Å². The van der Waals surface area contributed by atoms with E-state index >= 15 is 0 Å². The first kappa shape index (κ1) is 18.5. The summed E-state index contributed by atoms with van der Waals surface area (Å²) >= 11 is 5.87. The maximum absolute atomic E-state index is 12.8. The Morgan fingerprint density at radius 2 is 2.00 bits per heavy atom. The third kappa shape index (κ3) is 3.59. The predicted octanol–water partition coefficient (Wildman–Crippen LogP) is 3.34. The molecule has 0 fully saturated rings. The van der Waals surface area contributed by atoms with Gasteiger partial charge in [-0.25, -0.2) is 9.97 Å². The molecule has 3 aromatic rings. The zero-order valence-electron chi connectivity index (χ0n) is 14.6. The minimum absolute atomic E-state index is 0.118. The first-order valence-electron chi connectivity index (χ1n) is 8.27. The summed E-state index contributed by atoms with van der Waals surface area (Å²) in [6, 6.07) is 3.44. The number of nitrogens with zero attached hydrogens (tertiary/aromatic N) is 6. The molecule has 0 amide bonds. The number of alkyl halides is 3. The number of hydrogen-bond acceptors (Lipinski definition) is 6. The van der Waals surface area contributed by atoms with Gasteiger partial charge in [-0.1, -0.05) is 0 Å². The number of ether oxygens (including phenoxy) is 1. The Morgan fingerprint density at radius 1 is 1.18 bits per heavy atom. The topological polar surface area (TPSA) is 69.0 Å². The third-order valence-electron chi connectivity index (χ3n) is 4.23. The molecular formula is C17H14ClF3N6O. The Morgan fingerprint density at radius 3 is 2.68 bits per heavy atom. The summed E-state index contributed by atoms with van der Waals surface area (Å²) in [6.45, 7) is 1.51. The Bertz CT molecular complexity index is 1010. The van der Waals surface area contributed by atoms with Crippen molar-refractivity contribution in [2.24, 2.45) is 7.05 Å². The number of imidazole rings is 1. The van der Waals surface area contributed by atoms with Crippen molar-refractivity contribution in [1.29, 1.82) is 0 Å². The van der Waals surface area contributed by atoms with Gasteiger partial charge in [0.2, 0.25) is 5.28 Å². The van der Waals surface area contributed by atoms with Crippen LogP contribution in [0.4, 0.5) is 19.0 Å². The van der Waals surface area contributed by atoms with E-state index in [1.807, 2.05) is 4.90 Å². The van der Waals surface area contributed by atoms with E-state index in [9.17, 15) is 13.2 Å². The van der Waals surface area contributed by atoms with Gasteiger partial charge in [-0.15, -0.1) is 0 Å². The lowest BCUT2D eigenvalue weighted by molar-refractivity contribution is -0.140. The van der Waals surface area contributed by atoms with E-state index in [2.05, 4.69) is 19.9 Å². The number of rotatable bonds is 3. The molecule has 7 nitrogen and oxygen atoms in total. The molecule has 146 valence electrons. The van der Waals surface area contributed by atoms with Crippen LogP contribution in [0.2, 0.25) is 5.28 Å². The summed E-state index contributed by atoms with van der Waals surface area (Å²) in [7, 11) is 1.51. The fourth-order valence-corrected chi connectivity index (χ4v) is 3.04. The number of halogens is 4. The Labute approximate surface area is 162 Å². The standard InChI is InChI=1S/C17H14ClF3N6O/c1-26-9-13(17(19,20)21)24-14(26)10-2-3-11(22-6-10)8-27-4-5-28-12-7-23-16(18)25-15(12)27/h2-3,6-7,9H,4-5,8H2,1H3. The van der Waals surface area contributed by atoms with E-state index in [1.54, 1.807) is 12.1 Å². The molecule has 0 radical (unpaired) electrons. The maximum atomic E-state index is 12.8. The molecule has 1 aliphatic rings. The molecule has 0 N–H and O–H groups in total. The second-order valence-corrected chi connectivity index (χ2v) is 6.53. The second kappa shape index (κ2) is 6.93. The molecule has 0 saturated heterocycles. The molecule has 11 heteroatoms. The summed E-state index contributed by atoms with van der Waals surface area (Å²) in [6.07, 6.45) is -0.508. The first-order chi connectivity index (χ1) is 13.3. The van der Waals surface area contributed by atoms with Crippen LogP contribution in [0.1, 0.15) is 11.4 Å². The van der Waals surface area contributed by atoms with E-state index < -0.39 is 11.9 Å². The Balaban J connectivity index is 1.56. The van der Waals surface area contributed by atoms with Gasteiger partial charge in [-0.05, 0) is 23.7 Å². The van der Waals surface area contributed by atoms with Crippen molar-refractivity contribution in [3.63, 3.8) is 0 Å². The molecule has 0 unspecified atom stereocenters. The van der Waals surface area contributed by atoms with Gasteiger partial charge < -0.3 is 14.2 Å². The highest BCUT2D eigenvalue weighted by atomic mass is 35.5. The molecule has 0 aliphatic carbocycles. The van der Waals surface area contributed by atoms with Gasteiger partial charge in [-0.2, -0.15) is 18.2 Å². The summed E-state index contributed by atoms with van der Waals surface area (Å²) in [4.78, 5) is 18.1. The Hall–Kier alpha value is -2.88. The molecule has 0 saturated carbocycles. The van der Waals surface area contributed by atoms with E-state index in [1.165, 1.54) is 24.0 Å². The van der Waals surface area contributed by atoms with Gasteiger partial charge >= 0.3 is 6.18 Å². The fraction of sp³-hybridized carbons (Fsp3) is 0.294. The van der Waals surface area contributed by atoms with Crippen molar-refractivity contribution >= 4 is 17.4 Å². The average Bonchev–Trinajstić information content (AvgIpc) is 3.05. The monoisotopic (exact) mass is 410 g/mol. The summed E-state index contributed by atoms with van der Waals surface area (Å²) < 4.78 is 45.4. The summed E-state index contributed by atoms with van der Waals surface area (Å²) in [5.74, 6) is 1.32. The van der Waals surface area contributed by atoms with Crippen molar-refractivity contribution in [2.75, 3.05) is 18.1 Å². The number of aromatic nitrogens is 5. The van der Waals surface area contributed by atoms with Gasteiger partial charge in [0.15, 0.2) is 17.3 Å². The maximum Gasteiger partial charge on any atom is 0.434 e. The quantitative estimate of drug-likeness (QED) is 0.617. The van der Waals surface area contributed by atoms with Crippen LogP contribution in [0.25, 0.3) is 11.4 Å². The number of hydrogen-bond donors (Lipinski definition) is 0. The zero-order chi connectivity index (χ0) is 19.9. The predicted molar refractivity (Wildman–Crippen MR) is 95.0 cm³/mol. The van der Waals surface area contributed by atoms with Crippen molar-refractivity contribution in [3.05, 3.63) is 47.4 Å². The molecule has 4 rings (SSSR count). The molecule has 0 bridgehead atoms. The van der Waals surface area contributed by atoms with Gasteiger partial charge in [0.1, 0.15) is 12.4 Å². The zero-order valence-corrected chi connectivity index (χ0v) is 15.4. The van der Waals surface area contributed by atoms with Crippen LogP contribution in [-0.4, -0.2) is 37.7 Å². The highest BCUT2D eigenvalue weighted by Gasteiger charge is 2.34. The summed E-state index contributed by atoms with van der Waals surface area (Å²) in [5.41, 5.74) is 0.279. The highest BCUT2D eigenvalue weighted by molar-refractivity contribution is 6.28. The molecule has 3 aromatic heterocycles. The molecule has 4 heterocycles. The van der Waals surface area contributed by atoms with Crippen molar-refractivity contribution in [2.45, 2.75) is 12.7 Å². The van der Waals surface area contributed by atoms with Crippen LogP contribution in [0.5, 0.6) is 5.75 Å². The lowest BCUT2D eigenvalue weighted by Crippen LogP contribution is -2.33. The lowest BCUT2D eigenvalue weighted by Gasteiger charge is -2.29.